The van der Waals surface area contributed by atoms with Crippen LogP contribution in [0.2, 0.25) is 0 Å². The first-order valence-corrected chi connectivity index (χ1v) is 9.31. The highest BCUT2D eigenvalue weighted by atomic mass is 16.5. The molecule has 3 amide bonds. The van der Waals surface area contributed by atoms with E-state index in [4.69, 9.17) is 9.47 Å². The van der Waals surface area contributed by atoms with Crippen molar-refractivity contribution in [2.45, 2.75) is 32.8 Å². The fraction of sp³-hybridized carbons (Fsp3) is 0.526. The van der Waals surface area contributed by atoms with Crippen LogP contribution in [0.25, 0.3) is 0 Å². The number of nitrogens with one attached hydrogen (secondary N) is 1. The SMILES string of the molecule is CCN(CC)C(=O)CN1C(=O)COc2ccc(NC(=O)C3CCCO3)cc21. The maximum absolute atomic E-state index is 12.5. The number of nitrogens with zero attached hydrogens (tertiary/aromatic N) is 2. The van der Waals surface area contributed by atoms with E-state index in [2.05, 4.69) is 5.32 Å². The van der Waals surface area contributed by atoms with Gasteiger partial charge in [-0.25, -0.2) is 0 Å². The van der Waals surface area contributed by atoms with Crippen LogP contribution < -0.4 is 15.0 Å². The third kappa shape index (κ3) is 4.21. The minimum atomic E-state index is -0.445. The Hall–Kier alpha value is -2.61. The number of anilines is 2. The molecule has 3 rings (SSSR count). The highest BCUT2D eigenvalue weighted by Crippen LogP contribution is 2.34. The Morgan fingerprint density at radius 3 is 2.74 bits per heavy atom. The van der Waals surface area contributed by atoms with Crippen molar-refractivity contribution in [1.82, 2.24) is 4.90 Å². The van der Waals surface area contributed by atoms with Crippen LogP contribution in [0, 0.1) is 0 Å². The number of fused-ring (bicyclic) bond motifs is 1. The summed E-state index contributed by atoms with van der Waals surface area (Å²) in [5.74, 6) is -0.112. The van der Waals surface area contributed by atoms with Crippen molar-refractivity contribution in [2.24, 2.45) is 0 Å². The Morgan fingerprint density at radius 1 is 1.30 bits per heavy atom. The average Bonchev–Trinajstić information content (AvgIpc) is 3.20. The summed E-state index contributed by atoms with van der Waals surface area (Å²) in [6, 6.07) is 5.07. The van der Waals surface area contributed by atoms with Crippen LogP contribution in [0.3, 0.4) is 0 Å². The zero-order chi connectivity index (χ0) is 19.4. The van der Waals surface area contributed by atoms with Gasteiger partial charge >= 0.3 is 0 Å². The second-order valence-electron chi connectivity index (χ2n) is 6.51. The van der Waals surface area contributed by atoms with Crippen LogP contribution in [0.1, 0.15) is 26.7 Å². The van der Waals surface area contributed by atoms with Crippen molar-refractivity contribution in [2.75, 3.05) is 43.1 Å². The Kier molecular flexibility index (Phi) is 5.95. The number of hydrogen-bond acceptors (Lipinski definition) is 5. The predicted octanol–water partition coefficient (Wildman–Crippen LogP) is 1.40. The Balaban J connectivity index is 1.79. The largest absolute Gasteiger partial charge is 0.482 e. The summed E-state index contributed by atoms with van der Waals surface area (Å²) in [5.41, 5.74) is 1.02. The predicted molar refractivity (Wildman–Crippen MR) is 99.8 cm³/mol. The number of rotatable bonds is 6. The van der Waals surface area contributed by atoms with E-state index in [9.17, 15) is 14.4 Å². The average molecular weight is 375 g/mol. The lowest BCUT2D eigenvalue weighted by molar-refractivity contribution is -0.131. The molecule has 146 valence electrons. The van der Waals surface area contributed by atoms with Crippen LogP contribution in [0.5, 0.6) is 5.75 Å². The highest BCUT2D eigenvalue weighted by Gasteiger charge is 2.29. The molecule has 0 aliphatic carbocycles. The van der Waals surface area contributed by atoms with E-state index in [0.717, 1.165) is 6.42 Å². The number of ether oxygens (including phenoxy) is 2. The molecule has 0 spiro atoms. The summed E-state index contributed by atoms with van der Waals surface area (Å²) in [5, 5.41) is 2.81. The second-order valence-corrected chi connectivity index (χ2v) is 6.51. The molecule has 0 radical (unpaired) electrons. The molecular weight excluding hydrogens is 350 g/mol. The fourth-order valence-electron chi connectivity index (χ4n) is 3.27. The quantitative estimate of drug-likeness (QED) is 0.812. The monoisotopic (exact) mass is 375 g/mol. The molecule has 0 bridgehead atoms. The molecule has 2 aliphatic heterocycles. The molecule has 1 aromatic rings. The minimum absolute atomic E-state index is 0.0555. The van der Waals surface area contributed by atoms with E-state index in [-0.39, 0.29) is 30.9 Å². The molecule has 1 atom stereocenters. The summed E-state index contributed by atoms with van der Waals surface area (Å²) in [4.78, 5) is 40.2. The number of benzene rings is 1. The lowest BCUT2D eigenvalue weighted by Gasteiger charge is -2.31. The van der Waals surface area contributed by atoms with E-state index >= 15 is 0 Å². The molecule has 1 aromatic carbocycles. The maximum Gasteiger partial charge on any atom is 0.265 e. The summed E-state index contributed by atoms with van der Waals surface area (Å²) in [6.07, 6.45) is 1.12. The third-order valence-electron chi connectivity index (χ3n) is 4.80. The van der Waals surface area contributed by atoms with Crippen LogP contribution in [-0.2, 0) is 19.1 Å². The topological polar surface area (TPSA) is 88.2 Å². The smallest absolute Gasteiger partial charge is 0.265 e. The van der Waals surface area contributed by atoms with Crippen molar-refractivity contribution in [3.05, 3.63) is 18.2 Å². The third-order valence-corrected chi connectivity index (χ3v) is 4.80. The van der Waals surface area contributed by atoms with Crippen LogP contribution in [0.4, 0.5) is 11.4 Å². The van der Waals surface area contributed by atoms with Gasteiger partial charge in [-0.1, -0.05) is 0 Å². The van der Waals surface area contributed by atoms with Gasteiger partial charge in [0.25, 0.3) is 11.8 Å². The van der Waals surface area contributed by atoms with Crippen LogP contribution in [0.15, 0.2) is 18.2 Å². The molecule has 2 heterocycles. The van der Waals surface area contributed by atoms with Gasteiger partial charge in [-0.05, 0) is 44.9 Å². The van der Waals surface area contributed by atoms with Gasteiger partial charge in [-0.3, -0.25) is 19.3 Å². The van der Waals surface area contributed by atoms with Gasteiger partial charge in [0.15, 0.2) is 6.61 Å². The van der Waals surface area contributed by atoms with Gasteiger partial charge < -0.3 is 19.7 Å². The molecule has 0 saturated carbocycles. The number of likely N-dealkylation sites (N-methyl/N-ethyl adjacent to an activating group) is 1. The van der Waals surface area contributed by atoms with Crippen LogP contribution in [-0.4, -0.2) is 61.6 Å². The molecule has 8 nitrogen and oxygen atoms in total. The number of carbonyl (C=O) groups is 3. The lowest BCUT2D eigenvalue weighted by atomic mass is 10.2. The Morgan fingerprint density at radius 2 is 2.07 bits per heavy atom. The van der Waals surface area contributed by atoms with E-state index in [1.165, 1.54) is 4.90 Å². The summed E-state index contributed by atoms with van der Waals surface area (Å²) < 4.78 is 10.9. The summed E-state index contributed by atoms with van der Waals surface area (Å²) in [7, 11) is 0. The van der Waals surface area contributed by atoms with Crippen molar-refractivity contribution < 1.29 is 23.9 Å². The second kappa shape index (κ2) is 8.39. The minimum Gasteiger partial charge on any atom is -0.482 e. The van der Waals surface area contributed by atoms with E-state index in [1.54, 1.807) is 23.1 Å². The van der Waals surface area contributed by atoms with E-state index in [0.29, 0.717) is 43.2 Å². The van der Waals surface area contributed by atoms with E-state index < -0.39 is 6.10 Å². The zero-order valence-corrected chi connectivity index (χ0v) is 15.7. The Labute approximate surface area is 158 Å². The molecule has 2 aliphatic rings. The molecule has 27 heavy (non-hydrogen) atoms. The van der Waals surface area contributed by atoms with Crippen molar-refractivity contribution in [3.63, 3.8) is 0 Å². The zero-order valence-electron chi connectivity index (χ0n) is 15.7. The molecule has 1 fully saturated rings. The van der Waals surface area contributed by atoms with Crippen LogP contribution >= 0.6 is 0 Å². The van der Waals surface area contributed by atoms with Gasteiger partial charge in [0.1, 0.15) is 18.4 Å². The standard InChI is InChI=1S/C19H25N3O5/c1-3-21(4-2)17(23)11-22-14-10-13(7-8-15(14)27-12-18(22)24)20-19(25)16-6-5-9-26-16/h7-8,10,16H,3-6,9,11-12H2,1-2H3,(H,20,25). The highest BCUT2D eigenvalue weighted by molar-refractivity contribution is 6.03. The molecule has 0 aromatic heterocycles. The van der Waals surface area contributed by atoms with Gasteiger partial charge in [0, 0.05) is 25.4 Å². The van der Waals surface area contributed by atoms with Gasteiger partial charge in [-0.15, -0.1) is 0 Å². The molecule has 1 unspecified atom stereocenters. The van der Waals surface area contributed by atoms with Gasteiger partial charge in [0.2, 0.25) is 5.91 Å². The molecule has 8 heteroatoms. The van der Waals surface area contributed by atoms with Gasteiger partial charge in [-0.2, -0.15) is 0 Å². The maximum atomic E-state index is 12.5. The van der Waals surface area contributed by atoms with Gasteiger partial charge in [0.05, 0.1) is 5.69 Å². The van der Waals surface area contributed by atoms with Crippen molar-refractivity contribution in [1.29, 1.82) is 0 Å². The van der Waals surface area contributed by atoms with E-state index in [1.807, 2.05) is 13.8 Å². The summed E-state index contributed by atoms with van der Waals surface area (Å²) in [6.45, 7) is 5.38. The summed E-state index contributed by atoms with van der Waals surface area (Å²) >= 11 is 0. The first-order valence-electron chi connectivity index (χ1n) is 9.31. The first-order chi connectivity index (χ1) is 13.0. The van der Waals surface area contributed by atoms with Crippen molar-refractivity contribution in [3.8, 4) is 5.75 Å². The lowest BCUT2D eigenvalue weighted by Crippen LogP contribution is -2.46. The first kappa shape index (κ1) is 19.2. The molecular formula is C19H25N3O5. The Bertz CT molecular complexity index is 726. The molecule has 1 N–H and O–H groups in total. The number of amides is 3. The normalized spacial score (nSPS) is 18.7. The molecule has 1 saturated heterocycles. The number of hydrogen-bond donors (Lipinski definition) is 1. The number of carbonyl (C=O) groups excluding carboxylic acids is 3. The fourth-order valence-corrected chi connectivity index (χ4v) is 3.27. The van der Waals surface area contributed by atoms with Crippen molar-refractivity contribution >= 4 is 29.1 Å².